The number of hydrogen-bond donors (Lipinski definition) is 1. The number of nitrogens with zero attached hydrogens (tertiary/aromatic N) is 1. The molecule has 1 N–H and O–H groups in total. The quantitative estimate of drug-likeness (QED) is 0.889. The number of rotatable bonds is 2. The van der Waals surface area contributed by atoms with Gasteiger partial charge in [0.1, 0.15) is 0 Å². The van der Waals surface area contributed by atoms with Gasteiger partial charge in [0.2, 0.25) is 0 Å². The van der Waals surface area contributed by atoms with Gasteiger partial charge in [0.25, 0.3) is 5.56 Å². The van der Waals surface area contributed by atoms with Crippen LogP contribution in [0.5, 0.6) is 0 Å². The van der Waals surface area contributed by atoms with E-state index >= 15 is 0 Å². The van der Waals surface area contributed by atoms with Crippen LogP contribution in [0.4, 0.5) is 0 Å². The van der Waals surface area contributed by atoms with Crippen molar-refractivity contribution in [3.8, 4) is 11.1 Å². The van der Waals surface area contributed by atoms with Gasteiger partial charge in [-0.1, -0.05) is 48.6 Å². The van der Waals surface area contributed by atoms with Crippen LogP contribution in [-0.2, 0) is 0 Å². The van der Waals surface area contributed by atoms with Crippen LogP contribution in [-0.4, -0.2) is 10.2 Å². The fourth-order valence-corrected chi connectivity index (χ4v) is 2.19. The van der Waals surface area contributed by atoms with Gasteiger partial charge in [-0.2, -0.15) is 5.10 Å². The maximum atomic E-state index is 11.9. The molecule has 0 amide bonds. The van der Waals surface area contributed by atoms with Crippen LogP contribution in [0.25, 0.3) is 16.7 Å². The first-order valence-electron chi connectivity index (χ1n) is 6.37. The van der Waals surface area contributed by atoms with Crippen LogP contribution in [0.3, 0.4) is 0 Å². The van der Waals surface area contributed by atoms with Gasteiger partial charge in [-0.25, -0.2) is 5.10 Å². The fourth-order valence-electron chi connectivity index (χ4n) is 2.19. The first kappa shape index (κ1) is 11.7. The summed E-state index contributed by atoms with van der Waals surface area (Å²) in [4.78, 5) is 11.9. The van der Waals surface area contributed by atoms with Crippen LogP contribution in [0.15, 0.2) is 59.4 Å². The highest BCUT2D eigenvalue weighted by Gasteiger charge is 2.08. The first-order chi connectivity index (χ1) is 9.34. The second-order valence-corrected chi connectivity index (χ2v) is 4.50. The predicted molar refractivity (Wildman–Crippen MR) is 76.6 cm³/mol. The molecule has 1 heterocycles. The number of aromatic nitrogens is 2. The number of nitrogens with one attached hydrogen (secondary N) is 1. The molecule has 0 unspecified atom stereocenters. The van der Waals surface area contributed by atoms with E-state index in [0.29, 0.717) is 5.56 Å². The van der Waals surface area contributed by atoms with E-state index in [0.717, 1.165) is 29.7 Å². The minimum Gasteiger partial charge on any atom is -0.267 e. The van der Waals surface area contributed by atoms with E-state index in [1.165, 1.54) is 0 Å². The Labute approximate surface area is 111 Å². The van der Waals surface area contributed by atoms with Gasteiger partial charge < -0.3 is 0 Å². The van der Waals surface area contributed by atoms with Crippen molar-refractivity contribution < 1.29 is 0 Å². The standard InChI is InChI=1S/C16H14N2O/c19-16-14(12-7-3-1-4-8-12)11-15(17-18-16)13-9-5-2-6-10-13/h1,3-5,7-11H,2,6H2,(H,18,19). The number of aromatic amines is 1. The SMILES string of the molecule is O=c1[nH]nc(C2=CCCC=C2)cc1-c1ccccc1. The van der Waals surface area contributed by atoms with Crippen molar-refractivity contribution in [3.05, 3.63) is 70.7 Å². The Morgan fingerprint density at radius 1 is 1.11 bits per heavy atom. The Morgan fingerprint density at radius 3 is 2.68 bits per heavy atom. The van der Waals surface area contributed by atoms with Crippen LogP contribution in [0, 0.1) is 0 Å². The van der Waals surface area contributed by atoms with Crippen molar-refractivity contribution in [2.75, 3.05) is 0 Å². The lowest BCUT2D eigenvalue weighted by atomic mass is 10.0. The van der Waals surface area contributed by atoms with Gasteiger partial charge in [-0.15, -0.1) is 0 Å². The summed E-state index contributed by atoms with van der Waals surface area (Å²) in [6.07, 6.45) is 8.42. The van der Waals surface area contributed by atoms with Crippen LogP contribution >= 0.6 is 0 Å². The smallest absolute Gasteiger partial charge is 0.267 e. The van der Waals surface area contributed by atoms with E-state index < -0.39 is 0 Å². The summed E-state index contributed by atoms with van der Waals surface area (Å²) in [5, 5.41) is 6.72. The zero-order valence-corrected chi connectivity index (χ0v) is 10.5. The average molecular weight is 250 g/mol. The third-order valence-corrected chi connectivity index (χ3v) is 3.18. The van der Waals surface area contributed by atoms with Gasteiger partial charge >= 0.3 is 0 Å². The highest BCUT2D eigenvalue weighted by atomic mass is 16.1. The molecule has 1 aromatic heterocycles. The molecule has 3 rings (SSSR count). The Balaban J connectivity index is 2.09. The Kier molecular flexibility index (Phi) is 3.11. The lowest BCUT2D eigenvalue weighted by Gasteiger charge is -2.07. The minimum atomic E-state index is -0.157. The van der Waals surface area contributed by atoms with Crippen molar-refractivity contribution in [1.82, 2.24) is 10.2 Å². The number of H-pyrrole nitrogens is 1. The predicted octanol–water partition coefficient (Wildman–Crippen LogP) is 3.17. The Morgan fingerprint density at radius 2 is 1.95 bits per heavy atom. The molecule has 0 spiro atoms. The molecule has 1 aliphatic carbocycles. The molecule has 0 saturated carbocycles. The van der Waals surface area contributed by atoms with Crippen LogP contribution in [0.2, 0.25) is 0 Å². The van der Waals surface area contributed by atoms with Gasteiger partial charge in [0.15, 0.2) is 0 Å². The topological polar surface area (TPSA) is 45.8 Å². The minimum absolute atomic E-state index is 0.157. The molecule has 94 valence electrons. The van der Waals surface area contributed by atoms with Crippen molar-refractivity contribution in [3.63, 3.8) is 0 Å². The fraction of sp³-hybridized carbons (Fsp3) is 0.125. The highest BCUT2D eigenvalue weighted by Crippen LogP contribution is 2.22. The summed E-state index contributed by atoms with van der Waals surface area (Å²) in [7, 11) is 0. The number of hydrogen-bond acceptors (Lipinski definition) is 2. The van der Waals surface area contributed by atoms with Crippen molar-refractivity contribution in [2.24, 2.45) is 0 Å². The molecule has 0 fully saturated rings. The molecule has 0 saturated heterocycles. The normalized spacial score (nSPS) is 14.2. The Hall–Kier alpha value is -2.42. The molecule has 1 aromatic carbocycles. The summed E-state index contributed by atoms with van der Waals surface area (Å²) in [6, 6.07) is 11.5. The van der Waals surface area contributed by atoms with E-state index in [1.54, 1.807) is 0 Å². The number of benzene rings is 1. The summed E-state index contributed by atoms with van der Waals surface area (Å²) < 4.78 is 0. The molecular weight excluding hydrogens is 236 g/mol. The highest BCUT2D eigenvalue weighted by molar-refractivity contribution is 5.75. The van der Waals surface area contributed by atoms with Gasteiger partial charge in [0, 0.05) is 0 Å². The van der Waals surface area contributed by atoms with E-state index in [2.05, 4.69) is 28.4 Å². The van der Waals surface area contributed by atoms with E-state index in [-0.39, 0.29) is 5.56 Å². The first-order valence-corrected chi connectivity index (χ1v) is 6.37. The van der Waals surface area contributed by atoms with Crippen molar-refractivity contribution in [1.29, 1.82) is 0 Å². The molecule has 3 nitrogen and oxygen atoms in total. The van der Waals surface area contributed by atoms with Crippen molar-refractivity contribution >= 4 is 5.57 Å². The third-order valence-electron chi connectivity index (χ3n) is 3.18. The molecule has 19 heavy (non-hydrogen) atoms. The lowest BCUT2D eigenvalue weighted by Crippen LogP contribution is -2.12. The maximum absolute atomic E-state index is 11.9. The van der Waals surface area contributed by atoms with E-state index in [1.807, 2.05) is 36.4 Å². The number of allylic oxidation sites excluding steroid dienone is 4. The molecule has 0 atom stereocenters. The maximum Gasteiger partial charge on any atom is 0.272 e. The van der Waals surface area contributed by atoms with E-state index in [4.69, 9.17) is 0 Å². The van der Waals surface area contributed by atoms with Crippen molar-refractivity contribution in [2.45, 2.75) is 12.8 Å². The third kappa shape index (κ3) is 2.40. The zero-order valence-electron chi connectivity index (χ0n) is 10.5. The largest absolute Gasteiger partial charge is 0.272 e. The average Bonchev–Trinajstić information content (AvgIpc) is 2.49. The molecule has 0 bridgehead atoms. The zero-order chi connectivity index (χ0) is 13.1. The monoisotopic (exact) mass is 250 g/mol. The molecular formula is C16H14N2O. The second kappa shape index (κ2) is 5.06. The molecule has 3 heteroatoms. The summed E-state index contributed by atoms with van der Waals surface area (Å²) in [5.41, 5.74) is 3.29. The van der Waals surface area contributed by atoms with Gasteiger partial charge in [-0.05, 0) is 30.0 Å². The summed E-state index contributed by atoms with van der Waals surface area (Å²) >= 11 is 0. The van der Waals surface area contributed by atoms with E-state index in [9.17, 15) is 4.79 Å². The van der Waals surface area contributed by atoms with Gasteiger partial charge in [0.05, 0.1) is 11.3 Å². The molecule has 1 aliphatic rings. The molecule has 0 aliphatic heterocycles. The van der Waals surface area contributed by atoms with Gasteiger partial charge in [-0.3, -0.25) is 4.79 Å². The molecule has 0 radical (unpaired) electrons. The summed E-state index contributed by atoms with van der Waals surface area (Å²) in [6.45, 7) is 0. The molecule has 2 aromatic rings. The lowest BCUT2D eigenvalue weighted by molar-refractivity contribution is 0.967. The van der Waals surface area contributed by atoms with Crippen LogP contribution < -0.4 is 5.56 Å². The van der Waals surface area contributed by atoms with Crippen LogP contribution in [0.1, 0.15) is 18.5 Å². The second-order valence-electron chi connectivity index (χ2n) is 4.50. The Bertz CT molecular complexity index is 696. The summed E-state index contributed by atoms with van der Waals surface area (Å²) in [5.74, 6) is 0.